The third-order valence-corrected chi connectivity index (χ3v) is 3.80. The van der Waals surface area contributed by atoms with Crippen molar-refractivity contribution < 1.29 is 19.8 Å². The van der Waals surface area contributed by atoms with Gasteiger partial charge >= 0.3 is 0 Å². The molecule has 1 aliphatic carbocycles. The number of phenols is 2. The molecule has 2 N–H and O–H groups in total. The van der Waals surface area contributed by atoms with Gasteiger partial charge in [-0.1, -0.05) is 23.2 Å². The summed E-state index contributed by atoms with van der Waals surface area (Å²) in [7, 11) is 0. The fourth-order valence-electron chi connectivity index (χ4n) is 2.29. The van der Waals surface area contributed by atoms with Gasteiger partial charge < -0.3 is 10.2 Å². The lowest BCUT2D eigenvalue weighted by Crippen LogP contribution is -2.22. The molecule has 0 fully saturated rings. The molecule has 4 nitrogen and oxygen atoms in total. The number of aromatic hydroxyl groups is 2. The molecule has 0 heterocycles. The highest BCUT2D eigenvalue weighted by atomic mass is 35.5. The summed E-state index contributed by atoms with van der Waals surface area (Å²) in [6.07, 6.45) is 0. The molecule has 0 saturated heterocycles. The number of phenolic OH excluding ortho intramolecular Hbond substituents is 2. The van der Waals surface area contributed by atoms with Gasteiger partial charge in [0.1, 0.15) is 11.5 Å². The predicted octanol–water partition coefficient (Wildman–Crippen LogP) is 3.18. The van der Waals surface area contributed by atoms with Crippen LogP contribution in [0.2, 0.25) is 10.0 Å². The Morgan fingerprint density at radius 1 is 0.650 bits per heavy atom. The van der Waals surface area contributed by atoms with E-state index in [1.807, 2.05) is 0 Å². The molecule has 2 aromatic carbocycles. The lowest BCUT2D eigenvalue weighted by molar-refractivity contribution is 0.0974. The van der Waals surface area contributed by atoms with E-state index in [0.717, 1.165) is 12.1 Å². The van der Waals surface area contributed by atoms with E-state index < -0.39 is 23.1 Å². The van der Waals surface area contributed by atoms with Crippen molar-refractivity contribution in [3.05, 3.63) is 56.6 Å². The van der Waals surface area contributed by atoms with Crippen molar-refractivity contribution in [1.82, 2.24) is 0 Å². The van der Waals surface area contributed by atoms with Crippen molar-refractivity contribution >= 4 is 34.8 Å². The van der Waals surface area contributed by atoms with E-state index in [9.17, 15) is 19.8 Å². The quantitative estimate of drug-likeness (QED) is 0.625. The number of fused-ring (bicyclic) bond motifs is 2. The molecule has 0 aromatic heterocycles. The highest BCUT2D eigenvalue weighted by Gasteiger charge is 2.37. The molecule has 0 radical (unpaired) electrons. The average molecular weight is 309 g/mol. The Kier molecular flexibility index (Phi) is 2.74. The second-order valence-electron chi connectivity index (χ2n) is 4.29. The zero-order chi connectivity index (χ0) is 14.6. The summed E-state index contributed by atoms with van der Waals surface area (Å²) >= 11 is 11.9. The van der Waals surface area contributed by atoms with E-state index in [4.69, 9.17) is 23.2 Å². The number of hydrogen-bond acceptors (Lipinski definition) is 4. The molecule has 0 saturated carbocycles. The maximum absolute atomic E-state index is 12.4. The summed E-state index contributed by atoms with van der Waals surface area (Å²) in [5, 5.41) is 19.7. The highest BCUT2D eigenvalue weighted by molar-refractivity contribution is 6.43. The largest absolute Gasteiger partial charge is 0.507 e. The lowest BCUT2D eigenvalue weighted by Gasteiger charge is -2.20. The maximum Gasteiger partial charge on any atom is 0.199 e. The van der Waals surface area contributed by atoms with Crippen molar-refractivity contribution in [2.75, 3.05) is 0 Å². The van der Waals surface area contributed by atoms with Gasteiger partial charge in [0, 0.05) is 0 Å². The summed E-state index contributed by atoms with van der Waals surface area (Å²) in [6, 6.07) is 5.09. The van der Waals surface area contributed by atoms with Crippen molar-refractivity contribution in [3.8, 4) is 11.5 Å². The van der Waals surface area contributed by atoms with E-state index in [2.05, 4.69) is 0 Å². The minimum atomic E-state index is -0.643. The molecule has 0 atom stereocenters. The third kappa shape index (κ3) is 1.55. The first-order valence-corrected chi connectivity index (χ1v) is 6.31. The zero-order valence-corrected chi connectivity index (χ0v) is 11.3. The molecule has 0 amide bonds. The SMILES string of the molecule is O=C1c2c(O)ccc(O)c2C(=O)c2c(Cl)ccc(Cl)c21. The number of rotatable bonds is 0. The van der Waals surface area contributed by atoms with Gasteiger partial charge in [-0.2, -0.15) is 0 Å². The van der Waals surface area contributed by atoms with Gasteiger partial charge in [0.25, 0.3) is 0 Å². The highest BCUT2D eigenvalue weighted by Crippen LogP contribution is 2.41. The second kappa shape index (κ2) is 4.23. The monoisotopic (exact) mass is 308 g/mol. The first-order chi connectivity index (χ1) is 9.43. The molecular weight excluding hydrogens is 303 g/mol. The molecule has 0 aliphatic heterocycles. The van der Waals surface area contributed by atoms with Gasteiger partial charge in [0.05, 0.1) is 32.3 Å². The number of benzene rings is 2. The first kappa shape index (κ1) is 13.0. The summed E-state index contributed by atoms with van der Waals surface area (Å²) in [5.74, 6) is -2.07. The topological polar surface area (TPSA) is 74.6 Å². The van der Waals surface area contributed by atoms with Gasteiger partial charge in [-0.15, -0.1) is 0 Å². The Morgan fingerprint density at radius 3 is 1.35 bits per heavy atom. The van der Waals surface area contributed by atoms with Gasteiger partial charge in [-0.3, -0.25) is 9.59 Å². The normalized spacial score (nSPS) is 13.1. The Balaban J connectivity index is 2.46. The fourth-order valence-corrected chi connectivity index (χ4v) is 2.77. The van der Waals surface area contributed by atoms with Crippen molar-refractivity contribution in [2.24, 2.45) is 0 Å². The molecule has 2 aromatic rings. The van der Waals surface area contributed by atoms with Crippen LogP contribution in [0.1, 0.15) is 31.8 Å². The van der Waals surface area contributed by atoms with Crippen LogP contribution in [-0.4, -0.2) is 21.8 Å². The van der Waals surface area contributed by atoms with Crippen molar-refractivity contribution in [2.45, 2.75) is 0 Å². The Labute approximate surface area is 123 Å². The van der Waals surface area contributed by atoms with Gasteiger partial charge in [0.15, 0.2) is 11.6 Å². The van der Waals surface area contributed by atoms with Crippen LogP contribution in [-0.2, 0) is 0 Å². The number of hydrogen-bond donors (Lipinski definition) is 2. The molecule has 0 unspecified atom stereocenters. The van der Waals surface area contributed by atoms with Crippen LogP contribution in [0.25, 0.3) is 0 Å². The minimum absolute atomic E-state index is 0.0578. The summed E-state index contributed by atoms with van der Waals surface area (Å²) in [4.78, 5) is 24.9. The average Bonchev–Trinajstić information content (AvgIpc) is 2.41. The fraction of sp³-hybridized carbons (Fsp3) is 0. The summed E-state index contributed by atoms with van der Waals surface area (Å²) in [5.41, 5.74) is -0.631. The zero-order valence-electron chi connectivity index (χ0n) is 9.78. The molecule has 100 valence electrons. The number of ketones is 2. The van der Waals surface area contributed by atoms with Crippen LogP contribution in [0.4, 0.5) is 0 Å². The maximum atomic E-state index is 12.4. The van der Waals surface area contributed by atoms with Crippen molar-refractivity contribution in [1.29, 1.82) is 0 Å². The number of carbonyl (C=O) groups is 2. The summed E-state index contributed by atoms with van der Waals surface area (Å²) < 4.78 is 0. The van der Waals surface area contributed by atoms with E-state index >= 15 is 0 Å². The van der Waals surface area contributed by atoms with Crippen molar-refractivity contribution in [3.63, 3.8) is 0 Å². The molecule has 6 heteroatoms. The van der Waals surface area contributed by atoms with E-state index in [0.29, 0.717) is 0 Å². The van der Waals surface area contributed by atoms with Gasteiger partial charge in [-0.05, 0) is 24.3 Å². The standard InChI is InChI=1S/C14H6Cl2O4/c15-5-1-2-6(16)10-9(5)13(19)11-7(17)3-4-8(18)12(11)14(10)20/h1-4,17-18H. The van der Waals surface area contributed by atoms with Crippen LogP contribution in [0.5, 0.6) is 11.5 Å². The van der Waals surface area contributed by atoms with Crippen LogP contribution in [0.3, 0.4) is 0 Å². The van der Waals surface area contributed by atoms with Crippen LogP contribution < -0.4 is 0 Å². The molecule has 20 heavy (non-hydrogen) atoms. The molecule has 1 aliphatic rings. The first-order valence-electron chi connectivity index (χ1n) is 5.55. The lowest BCUT2D eigenvalue weighted by atomic mass is 9.83. The van der Waals surface area contributed by atoms with Gasteiger partial charge in [-0.25, -0.2) is 0 Å². The second-order valence-corrected chi connectivity index (χ2v) is 5.11. The molecular formula is C14H6Cl2O4. The summed E-state index contributed by atoms with van der Waals surface area (Å²) in [6.45, 7) is 0. The van der Waals surface area contributed by atoms with Gasteiger partial charge in [0.2, 0.25) is 0 Å². The Morgan fingerprint density at radius 2 is 1.00 bits per heavy atom. The van der Waals surface area contributed by atoms with Crippen LogP contribution in [0, 0.1) is 0 Å². The predicted molar refractivity (Wildman–Crippen MR) is 73.1 cm³/mol. The molecule has 0 bridgehead atoms. The number of carbonyl (C=O) groups excluding carboxylic acids is 2. The smallest absolute Gasteiger partial charge is 0.199 e. The van der Waals surface area contributed by atoms with Crippen LogP contribution in [0.15, 0.2) is 24.3 Å². The van der Waals surface area contributed by atoms with Crippen LogP contribution >= 0.6 is 23.2 Å². The minimum Gasteiger partial charge on any atom is -0.507 e. The Hall–Kier alpha value is -2.04. The molecule has 3 rings (SSSR count). The molecule has 0 spiro atoms. The number of halogens is 2. The van der Waals surface area contributed by atoms with E-state index in [-0.39, 0.29) is 32.3 Å². The van der Waals surface area contributed by atoms with E-state index in [1.54, 1.807) is 0 Å². The third-order valence-electron chi connectivity index (χ3n) is 3.17. The Bertz CT molecular complexity index is 667. The van der Waals surface area contributed by atoms with E-state index in [1.165, 1.54) is 12.1 Å².